The molecule has 3 unspecified atom stereocenters. The van der Waals surface area contributed by atoms with Gasteiger partial charge in [-0.05, 0) is 38.0 Å². The minimum atomic E-state index is -0.298. The molecule has 106 valence electrons. The SMILES string of the molecule is COC(=O)c1sc(NC2CCC(C)CC2C)nc1C. The van der Waals surface area contributed by atoms with E-state index in [1.165, 1.54) is 37.7 Å². The standard InChI is InChI=1S/C14H22N2O2S/c1-8-5-6-11(9(2)7-8)16-14-15-10(3)12(19-14)13(17)18-4/h8-9,11H,5-7H2,1-4H3,(H,15,16). The van der Waals surface area contributed by atoms with Crippen molar-refractivity contribution in [2.75, 3.05) is 12.4 Å². The lowest BCUT2D eigenvalue weighted by molar-refractivity contribution is 0.0605. The first-order valence-electron chi connectivity index (χ1n) is 6.83. The number of carbonyl (C=O) groups is 1. The Hall–Kier alpha value is -1.10. The van der Waals surface area contributed by atoms with E-state index in [0.717, 1.165) is 16.7 Å². The Balaban J connectivity index is 2.05. The maximum atomic E-state index is 11.6. The number of carbonyl (C=O) groups excluding carboxylic acids is 1. The van der Waals surface area contributed by atoms with Crippen LogP contribution in [0.1, 0.15) is 48.5 Å². The Morgan fingerprint density at radius 3 is 2.79 bits per heavy atom. The Labute approximate surface area is 118 Å². The zero-order valence-electron chi connectivity index (χ0n) is 12.0. The molecular weight excluding hydrogens is 260 g/mol. The Morgan fingerprint density at radius 2 is 2.16 bits per heavy atom. The summed E-state index contributed by atoms with van der Waals surface area (Å²) < 4.78 is 4.76. The van der Waals surface area contributed by atoms with Gasteiger partial charge in [0.15, 0.2) is 5.13 Å². The minimum absolute atomic E-state index is 0.298. The molecular formula is C14H22N2O2S. The van der Waals surface area contributed by atoms with Crippen LogP contribution < -0.4 is 5.32 Å². The first-order chi connectivity index (χ1) is 9.01. The van der Waals surface area contributed by atoms with E-state index in [1.54, 1.807) is 0 Å². The molecule has 3 atom stereocenters. The second-order valence-corrected chi connectivity index (χ2v) is 6.57. The molecule has 1 fully saturated rings. The van der Waals surface area contributed by atoms with Crippen LogP contribution in [0.5, 0.6) is 0 Å². The van der Waals surface area contributed by atoms with Crippen molar-refractivity contribution in [3.8, 4) is 0 Å². The van der Waals surface area contributed by atoms with Crippen LogP contribution in [0.15, 0.2) is 0 Å². The predicted octanol–water partition coefficient (Wildman–Crippen LogP) is 3.47. The lowest BCUT2D eigenvalue weighted by Crippen LogP contribution is -2.32. The van der Waals surface area contributed by atoms with Crippen molar-refractivity contribution < 1.29 is 9.53 Å². The highest BCUT2D eigenvalue weighted by molar-refractivity contribution is 7.17. The van der Waals surface area contributed by atoms with E-state index >= 15 is 0 Å². The van der Waals surface area contributed by atoms with E-state index in [4.69, 9.17) is 4.74 Å². The van der Waals surface area contributed by atoms with Gasteiger partial charge in [-0.1, -0.05) is 25.2 Å². The zero-order valence-corrected chi connectivity index (χ0v) is 12.8. The molecule has 1 heterocycles. The van der Waals surface area contributed by atoms with Gasteiger partial charge in [-0.2, -0.15) is 0 Å². The van der Waals surface area contributed by atoms with E-state index in [0.29, 0.717) is 16.8 Å². The smallest absolute Gasteiger partial charge is 0.350 e. The molecule has 0 saturated heterocycles. The molecule has 1 aromatic heterocycles. The molecule has 0 amide bonds. The van der Waals surface area contributed by atoms with Crippen molar-refractivity contribution in [3.63, 3.8) is 0 Å². The molecule has 1 saturated carbocycles. The van der Waals surface area contributed by atoms with Crippen molar-refractivity contribution in [2.24, 2.45) is 11.8 Å². The van der Waals surface area contributed by atoms with Crippen molar-refractivity contribution >= 4 is 22.4 Å². The summed E-state index contributed by atoms with van der Waals surface area (Å²) in [6, 6.07) is 0.465. The summed E-state index contributed by atoms with van der Waals surface area (Å²) in [6.45, 7) is 6.45. The molecule has 0 aliphatic heterocycles. The van der Waals surface area contributed by atoms with Crippen LogP contribution in [0.2, 0.25) is 0 Å². The van der Waals surface area contributed by atoms with Gasteiger partial charge in [0.2, 0.25) is 0 Å². The van der Waals surface area contributed by atoms with Gasteiger partial charge < -0.3 is 10.1 Å². The lowest BCUT2D eigenvalue weighted by Gasteiger charge is -2.33. The molecule has 0 spiro atoms. The second kappa shape index (κ2) is 5.90. The van der Waals surface area contributed by atoms with Gasteiger partial charge in [0.1, 0.15) is 4.88 Å². The number of aryl methyl sites for hydroxylation is 1. The minimum Gasteiger partial charge on any atom is -0.465 e. The summed E-state index contributed by atoms with van der Waals surface area (Å²) in [4.78, 5) is 16.6. The largest absolute Gasteiger partial charge is 0.465 e. The number of methoxy groups -OCH3 is 1. The highest BCUT2D eigenvalue weighted by Gasteiger charge is 2.26. The predicted molar refractivity (Wildman–Crippen MR) is 77.8 cm³/mol. The van der Waals surface area contributed by atoms with Crippen LogP contribution >= 0.6 is 11.3 Å². The maximum Gasteiger partial charge on any atom is 0.350 e. The second-order valence-electron chi connectivity index (χ2n) is 5.57. The third-order valence-corrected chi connectivity index (χ3v) is 4.98. The summed E-state index contributed by atoms with van der Waals surface area (Å²) in [5.41, 5.74) is 0.746. The number of hydrogen-bond acceptors (Lipinski definition) is 5. The van der Waals surface area contributed by atoms with E-state index in [9.17, 15) is 4.79 Å². The third-order valence-electron chi connectivity index (χ3n) is 3.91. The first kappa shape index (κ1) is 14.3. The molecule has 19 heavy (non-hydrogen) atoms. The van der Waals surface area contributed by atoms with Crippen LogP contribution in [0.3, 0.4) is 0 Å². The van der Waals surface area contributed by atoms with Crippen LogP contribution in [-0.4, -0.2) is 24.1 Å². The Kier molecular flexibility index (Phi) is 4.45. The molecule has 5 heteroatoms. The maximum absolute atomic E-state index is 11.6. The topological polar surface area (TPSA) is 51.2 Å². The lowest BCUT2D eigenvalue weighted by atomic mass is 9.80. The van der Waals surface area contributed by atoms with Crippen LogP contribution in [0, 0.1) is 18.8 Å². The normalized spacial score (nSPS) is 27.1. The van der Waals surface area contributed by atoms with Gasteiger partial charge in [-0.15, -0.1) is 0 Å². The highest BCUT2D eigenvalue weighted by atomic mass is 32.1. The third kappa shape index (κ3) is 3.26. The highest BCUT2D eigenvalue weighted by Crippen LogP contribution is 2.32. The molecule has 4 nitrogen and oxygen atoms in total. The van der Waals surface area contributed by atoms with E-state index in [-0.39, 0.29) is 5.97 Å². The van der Waals surface area contributed by atoms with Crippen molar-refractivity contribution in [2.45, 2.75) is 46.1 Å². The Bertz CT molecular complexity index is 458. The number of aromatic nitrogens is 1. The quantitative estimate of drug-likeness (QED) is 0.862. The number of nitrogens with one attached hydrogen (secondary N) is 1. The average molecular weight is 282 g/mol. The van der Waals surface area contributed by atoms with Crippen LogP contribution in [0.25, 0.3) is 0 Å². The fraction of sp³-hybridized carbons (Fsp3) is 0.714. The van der Waals surface area contributed by atoms with Gasteiger partial charge in [0, 0.05) is 6.04 Å². The zero-order chi connectivity index (χ0) is 14.0. The number of anilines is 1. The van der Waals surface area contributed by atoms with Gasteiger partial charge in [0.05, 0.1) is 12.8 Å². The van der Waals surface area contributed by atoms with E-state index in [2.05, 4.69) is 24.1 Å². The van der Waals surface area contributed by atoms with Crippen LogP contribution in [-0.2, 0) is 4.74 Å². The number of hydrogen-bond donors (Lipinski definition) is 1. The molecule has 2 rings (SSSR count). The van der Waals surface area contributed by atoms with E-state index in [1.807, 2.05) is 6.92 Å². The number of nitrogens with zero attached hydrogens (tertiary/aromatic N) is 1. The van der Waals surface area contributed by atoms with Crippen molar-refractivity contribution in [3.05, 3.63) is 10.6 Å². The molecule has 1 aliphatic carbocycles. The number of esters is 1. The summed E-state index contributed by atoms with van der Waals surface area (Å²) in [6.07, 6.45) is 3.69. The molecule has 1 aliphatic rings. The fourth-order valence-electron chi connectivity index (χ4n) is 2.78. The number of rotatable bonds is 3. The molecule has 1 aromatic rings. The Morgan fingerprint density at radius 1 is 1.42 bits per heavy atom. The molecule has 0 radical (unpaired) electrons. The first-order valence-corrected chi connectivity index (χ1v) is 7.65. The van der Waals surface area contributed by atoms with Gasteiger partial charge in [-0.25, -0.2) is 9.78 Å². The number of ether oxygens (including phenoxy) is 1. The van der Waals surface area contributed by atoms with Crippen molar-refractivity contribution in [1.82, 2.24) is 4.98 Å². The summed E-state index contributed by atoms with van der Waals surface area (Å²) in [5, 5.41) is 4.33. The molecule has 0 aromatic carbocycles. The summed E-state index contributed by atoms with van der Waals surface area (Å²) >= 11 is 1.39. The molecule has 1 N–H and O–H groups in total. The van der Waals surface area contributed by atoms with Crippen molar-refractivity contribution in [1.29, 1.82) is 0 Å². The summed E-state index contributed by atoms with van der Waals surface area (Å²) in [7, 11) is 1.40. The van der Waals surface area contributed by atoms with E-state index < -0.39 is 0 Å². The van der Waals surface area contributed by atoms with Gasteiger partial charge >= 0.3 is 5.97 Å². The average Bonchev–Trinajstić information content (AvgIpc) is 2.73. The fourth-order valence-corrected chi connectivity index (χ4v) is 3.72. The van der Waals surface area contributed by atoms with Crippen LogP contribution in [0.4, 0.5) is 5.13 Å². The van der Waals surface area contributed by atoms with Gasteiger partial charge in [0.25, 0.3) is 0 Å². The van der Waals surface area contributed by atoms with Gasteiger partial charge in [-0.3, -0.25) is 0 Å². The number of thiazole rings is 1. The molecule has 0 bridgehead atoms. The summed E-state index contributed by atoms with van der Waals surface area (Å²) in [5.74, 6) is 1.17. The monoisotopic (exact) mass is 282 g/mol.